The van der Waals surface area contributed by atoms with Crippen LogP contribution in [-0.2, 0) is 16.1 Å². The van der Waals surface area contributed by atoms with Gasteiger partial charge in [0.05, 0.1) is 7.11 Å². The highest BCUT2D eigenvalue weighted by molar-refractivity contribution is 5.79. The summed E-state index contributed by atoms with van der Waals surface area (Å²) in [5.41, 5.74) is 7.00. The molecule has 2 atom stereocenters. The van der Waals surface area contributed by atoms with E-state index in [1.165, 1.54) is 0 Å². The van der Waals surface area contributed by atoms with Gasteiger partial charge in [0, 0.05) is 44.3 Å². The first kappa shape index (κ1) is 17.8. The lowest BCUT2D eigenvalue weighted by Crippen LogP contribution is -2.36. The van der Waals surface area contributed by atoms with E-state index in [1.54, 1.807) is 14.2 Å². The van der Waals surface area contributed by atoms with Crippen LogP contribution in [0.15, 0.2) is 24.3 Å². The van der Waals surface area contributed by atoms with Gasteiger partial charge >= 0.3 is 0 Å². The molecule has 2 N–H and O–H groups in total. The van der Waals surface area contributed by atoms with E-state index in [0.29, 0.717) is 19.7 Å². The molecule has 1 aromatic carbocycles. The molecule has 0 radical (unpaired) electrons. The second kappa shape index (κ2) is 8.89. The number of carbonyl (C=O) groups is 1. The molecule has 0 bridgehead atoms. The molecule has 1 fully saturated rings. The summed E-state index contributed by atoms with van der Waals surface area (Å²) < 4.78 is 10.5. The van der Waals surface area contributed by atoms with Gasteiger partial charge in [-0.25, -0.2) is 0 Å². The molecule has 128 valence electrons. The molecule has 5 heteroatoms. The summed E-state index contributed by atoms with van der Waals surface area (Å²) in [5, 5.41) is 0. The summed E-state index contributed by atoms with van der Waals surface area (Å²) in [5.74, 6) is 1.09. The van der Waals surface area contributed by atoms with Crippen LogP contribution in [0.25, 0.3) is 0 Å². The highest BCUT2D eigenvalue weighted by Gasteiger charge is 2.31. The minimum absolute atomic E-state index is 0.0576. The third-order valence-corrected chi connectivity index (χ3v) is 4.46. The summed E-state index contributed by atoms with van der Waals surface area (Å²) in [4.78, 5) is 14.8. The first-order valence-corrected chi connectivity index (χ1v) is 8.31. The largest absolute Gasteiger partial charge is 0.496 e. The van der Waals surface area contributed by atoms with Gasteiger partial charge in [-0.05, 0) is 31.7 Å². The molecule has 1 aliphatic rings. The normalized spacial score (nSPS) is 20.5. The van der Waals surface area contributed by atoms with E-state index in [4.69, 9.17) is 15.2 Å². The van der Waals surface area contributed by atoms with Crippen LogP contribution < -0.4 is 10.5 Å². The molecule has 0 aliphatic heterocycles. The smallest absolute Gasteiger partial charge is 0.226 e. The highest BCUT2D eigenvalue weighted by Crippen LogP contribution is 2.28. The van der Waals surface area contributed by atoms with Gasteiger partial charge < -0.3 is 20.1 Å². The molecule has 1 saturated carbocycles. The van der Waals surface area contributed by atoms with Crippen molar-refractivity contribution in [2.45, 2.75) is 38.3 Å². The fourth-order valence-electron chi connectivity index (χ4n) is 3.21. The van der Waals surface area contributed by atoms with Crippen molar-refractivity contribution >= 4 is 5.91 Å². The second-order valence-electron chi connectivity index (χ2n) is 6.19. The van der Waals surface area contributed by atoms with Gasteiger partial charge in [0.25, 0.3) is 0 Å². The average molecular weight is 320 g/mol. The van der Waals surface area contributed by atoms with E-state index in [0.717, 1.165) is 37.0 Å². The van der Waals surface area contributed by atoms with Gasteiger partial charge in [-0.3, -0.25) is 4.79 Å². The number of carbonyl (C=O) groups excluding carboxylic acids is 1. The molecule has 1 amide bonds. The Bertz CT molecular complexity index is 507. The summed E-state index contributed by atoms with van der Waals surface area (Å²) in [6.45, 7) is 1.91. The zero-order chi connectivity index (χ0) is 16.7. The van der Waals surface area contributed by atoms with Crippen molar-refractivity contribution in [3.63, 3.8) is 0 Å². The average Bonchev–Trinajstić information content (AvgIpc) is 3.00. The van der Waals surface area contributed by atoms with E-state index >= 15 is 0 Å². The van der Waals surface area contributed by atoms with Crippen molar-refractivity contribution in [1.82, 2.24) is 4.90 Å². The fraction of sp³-hybridized carbons (Fsp3) is 0.611. The molecular formula is C18H28N2O3. The van der Waals surface area contributed by atoms with Crippen molar-refractivity contribution < 1.29 is 14.3 Å². The Morgan fingerprint density at radius 2 is 2.09 bits per heavy atom. The van der Waals surface area contributed by atoms with Crippen molar-refractivity contribution in [2.24, 2.45) is 11.7 Å². The second-order valence-corrected chi connectivity index (χ2v) is 6.19. The number of nitrogens with zero attached hydrogens (tertiary/aromatic N) is 1. The van der Waals surface area contributed by atoms with Crippen molar-refractivity contribution in [3.8, 4) is 5.75 Å². The summed E-state index contributed by atoms with van der Waals surface area (Å²) in [6, 6.07) is 8.02. The van der Waals surface area contributed by atoms with Crippen LogP contribution in [-0.4, -0.2) is 44.2 Å². The molecule has 1 aliphatic carbocycles. The number of hydrogen-bond donors (Lipinski definition) is 1. The van der Waals surface area contributed by atoms with Gasteiger partial charge in [0.2, 0.25) is 5.91 Å². The Kier molecular flexibility index (Phi) is 6.86. The van der Waals surface area contributed by atoms with E-state index < -0.39 is 0 Å². The van der Waals surface area contributed by atoms with E-state index in [-0.39, 0.29) is 17.9 Å². The van der Waals surface area contributed by atoms with Crippen LogP contribution in [0.5, 0.6) is 5.75 Å². The first-order valence-electron chi connectivity index (χ1n) is 8.31. The molecule has 0 aromatic heterocycles. The fourth-order valence-corrected chi connectivity index (χ4v) is 3.21. The number of methoxy groups -OCH3 is 2. The lowest BCUT2D eigenvalue weighted by atomic mass is 10.0. The van der Waals surface area contributed by atoms with Crippen molar-refractivity contribution in [3.05, 3.63) is 29.8 Å². The Morgan fingerprint density at radius 3 is 2.74 bits per heavy atom. The number of amides is 1. The maximum atomic E-state index is 12.9. The highest BCUT2D eigenvalue weighted by atomic mass is 16.5. The quantitative estimate of drug-likeness (QED) is 0.746. The van der Waals surface area contributed by atoms with Crippen LogP contribution in [0, 0.1) is 5.92 Å². The molecule has 0 spiro atoms. The topological polar surface area (TPSA) is 64.8 Å². The predicted molar refractivity (Wildman–Crippen MR) is 90.2 cm³/mol. The van der Waals surface area contributed by atoms with E-state index in [2.05, 4.69) is 0 Å². The van der Waals surface area contributed by atoms with Gasteiger partial charge in [-0.1, -0.05) is 18.2 Å². The molecule has 0 saturated heterocycles. The lowest BCUT2D eigenvalue weighted by molar-refractivity contribution is -0.136. The number of benzene rings is 1. The standard InChI is InChI=1S/C18H28N2O3/c1-22-11-5-10-20(18(21)14-8-9-16(19)12-14)13-15-6-3-4-7-17(15)23-2/h3-4,6-7,14,16H,5,8-13,19H2,1-2H3/t14-,16+/m0/s1. The van der Waals surface area contributed by atoms with Gasteiger partial charge in [0.15, 0.2) is 0 Å². The zero-order valence-corrected chi connectivity index (χ0v) is 14.2. The SMILES string of the molecule is COCCCN(Cc1ccccc1OC)C(=O)[C@H]1CC[C@@H](N)C1. The third-order valence-electron chi connectivity index (χ3n) is 4.46. The van der Waals surface area contributed by atoms with Gasteiger partial charge in [0.1, 0.15) is 5.75 Å². The first-order chi connectivity index (χ1) is 11.2. The molecular weight excluding hydrogens is 292 g/mol. The number of para-hydroxylation sites is 1. The predicted octanol–water partition coefficient (Wildman–Crippen LogP) is 2.19. The third kappa shape index (κ3) is 4.94. The van der Waals surface area contributed by atoms with Crippen LogP contribution in [0.3, 0.4) is 0 Å². The molecule has 2 rings (SSSR count). The minimum atomic E-state index is 0.0576. The Hall–Kier alpha value is -1.59. The Morgan fingerprint density at radius 1 is 1.30 bits per heavy atom. The van der Waals surface area contributed by atoms with Gasteiger partial charge in [-0.15, -0.1) is 0 Å². The number of rotatable bonds is 8. The number of nitrogens with two attached hydrogens (primary N) is 1. The van der Waals surface area contributed by atoms with Crippen molar-refractivity contribution in [2.75, 3.05) is 27.4 Å². The minimum Gasteiger partial charge on any atom is -0.496 e. The van der Waals surface area contributed by atoms with Crippen LogP contribution in [0.1, 0.15) is 31.2 Å². The monoisotopic (exact) mass is 320 g/mol. The van der Waals surface area contributed by atoms with Crippen LogP contribution in [0.2, 0.25) is 0 Å². The maximum Gasteiger partial charge on any atom is 0.226 e. The molecule has 23 heavy (non-hydrogen) atoms. The van der Waals surface area contributed by atoms with E-state index in [9.17, 15) is 4.79 Å². The van der Waals surface area contributed by atoms with E-state index in [1.807, 2.05) is 29.2 Å². The Labute approximate surface area is 138 Å². The molecule has 5 nitrogen and oxygen atoms in total. The molecule has 0 unspecified atom stereocenters. The summed E-state index contributed by atoms with van der Waals surface area (Å²) >= 11 is 0. The zero-order valence-electron chi connectivity index (χ0n) is 14.2. The molecule has 1 aromatic rings. The van der Waals surface area contributed by atoms with Crippen LogP contribution in [0.4, 0.5) is 0 Å². The maximum absolute atomic E-state index is 12.9. The molecule has 0 heterocycles. The van der Waals surface area contributed by atoms with Crippen LogP contribution >= 0.6 is 0 Å². The lowest BCUT2D eigenvalue weighted by Gasteiger charge is -2.26. The van der Waals surface area contributed by atoms with Gasteiger partial charge in [-0.2, -0.15) is 0 Å². The Balaban J connectivity index is 2.08. The summed E-state index contributed by atoms with van der Waals surface area (Å²) in [7, 11) is 3.34. The number of hydrogen-bond acceptors (Lipinski definition) is 4. The van der Waals surface area contributed by atoms with Crippen molar-refractivity contribution in [1.29, 1.82) is 0 Å². The summed E-state index contributed by atoms with van der Waals surface area (Å²) in [6.07, 6.45) is 3.46. The number of ether oxygens (including phenoxy) is 2.